The average molecular weight is 558 g/mol. The highest BCUT2D eigenvalue weighted by molar-refractivity contribution is 7.91. The van der Waals surface area contributed by atoms with E-state index < -0.39 is 58.7 Å². The largest absolute Gasteiger partial charge is 0.442 e. The zero-order valence-electron chi connectivity index (χ0n) is 21.4. The third kappa shape index (κ3) is 7.19. The number of nitrogens with two attached hydrogens (primary N) is 1. The fraction of sp³-hybridized carbons (Fsp3) is 0.583. The molecule has 38 heavy (non-hydrogen) atoms. The molecule has 0 unspecified atom stereocenters. The summed E-state index contributed by atoms with van der Waals surface area (Å²) in [6, 6.07) is 3.34. The van der Waals surface area contributed by atoms with E-state index in [9.17, 15) is 32.0 Å². The highest BCUT2D eigenvalue weighted by Crippen LogP contribution is 2.33. The van der Waals surface area contributed by atoms with Crippen LogP contribution >= 0.6 is 0 Å². The van der Waals surface area contributed by atoms with Crippen molar-refractivity contribution in [1.82, 2.24) is 4.90 Å². The summed E-state index contributed by atoms with van der Waals surface area (Å²) in [5.74, 6) is -2.45. The van der Waals surface area contributed by atoms with Crippen LogP contribution in [-0.4, -0.2) is 80.9 Å². The van der Waals surface area contributed by atoms with Gasteiger partial charge in [0.15, 0.2) is 0 Å². The Hall–Kier alpha value is -3.26. The number of anilines is 1. The molecule has 210 valence electrons. The molecule has 2 aliphatic heterocycles. The predicted octanol–water partition coefficient (Wildman–Crippen LogP) is 1.91. The molecule has 0 saturated carbocycles. The predicted molar refractivity (Wildman–Crippen MR) is 132 cm³/mol. The minimum absolute atomic E-state index is 0.00197. The van der Waals surface area contributed by atoms with Gasteiger partial charge in [0.2, 0.25) is 12.7 Å². The van der Waals surface area contributed by atoms with Crippen molar-refractivity contribution in [3.63, 3.8) is 0 Å². The Bertz CT molecular complexity index is 1180. The summed E-state index contributed by atoms with van der Waals surface area (Å²) >= 11 is 0. The molecule has 3 amide bonds. The number of carbonyl (C=O) groups is 4. The van der Waals surface area contributed by atoms with Gasteiger partial charge >= 0.3 is 18.2 Å². The molecular formula is C24H32FN3O9S. The smallest absolute Gasteiger partial charge is 0.419 e. The number of carbonyl (C=O) groups excluding carboxylic acids is 4. The molecule has 12 nitrogen and oxygen atoms in total. The summed E-state index contributed by atoms with van der Waals surface area (Å²) in [6.45, 7) is 3.38. The van der Waals surface area contributed by atoms with Crippen molar-refractivity contribution in [3.8, 4) is 0 Å². The molecule has 1 aromatic rings. The zero-order valence-corrected chi connectivity index (χ0v) is 22.2. The van der Waals surface area contributed by atoms with E-state index in [4.69, 9.17) is 19.9 Å². The molecule has 0 aromatic heterocycles. The first-order valence-corrected chi connectivity index (χ1v) is 14.0. The van der Waals surface area contributed by atoms with Crippen molar-refractivity contribution in [2.24, 2.45) is 11.7 Å². The number of ether oxygens (including phenoxy) is 3. The first-order valence-electron chi connectivity index (χ1n) is 12.1. The van der Waals surface area contributed by atoms with Gasteiger partial charge in [-0.25, -0.2) is 27.3 Å². The van der Waals surface area contributed by atoms with E-state index in [1.165, 1.54) is 17.0 Å². The summed E-state index contributed by atoms with van der Waals surface area (Å²) in [5, 5.41) is 0. The normalized spacial score (nSPS) is 20.1. The second kappa shape index (κ2) is 12.1. The number of hydrogen-bond donors (Lipinski definition) is 1. The van der Waals surface area contributed by atoms with Crippen molar-refractivity contribution in [2.75, 3.05) is 36.3 Å². The lowest BCUT2D eigenvalue weighted by Crippen LogP contribution is -2.43. The van der Waals surface area contributed by atoms with E-state index in [0.717, 1.165) is 6.92 Å². The van der Waals surface area contributed by atoms with Crippen LogP contribution in [0, 0.1) is 11.7 Å². The number of hydrogen-bond acceptors (Lipinski definition) is 10. The molecule has 2 fully saturated rings. The van der Waals surface area contributed by atoms with Crippen molar-refractivity contribution in [3.05, 3.63) is 29.6 Å². The van der Waals surface area contributed by atoms with Gasteiger partial charge in [0.1, 0.15) is 27.8 Å². The van der Waals surface area contributed by atoms with E-state index in [1.54, 1.807) is 19.9 Å². The molecule has 14 heteroatoms. The molecule has 2 saturated heterocycles. The number of nitrogens with zero attached hydrogens (tertiary/aromatic N) is 2. The fourth-order valence-corrected chi connectivity index (χ4v) is 5.65. The Balaban J connectivity index is 1.59. The van der Waals surface area contributed by atoms with Crippen molar-refractivity contribution < 1.29 is 46.2 Å². The maximum absolute atomic E-state index is 14.9. The summed E-state index contributed by atoms with van der Waals surface area (Å²) in [4.78, 5) is 50.5. The molecule has 0 radical (unpaired) electrons. The van der Waals surface area contributed by atoms with Gasteiger partial charge in [0.25, 0.3) is 0 Å². The van der Waals surface area contributed by atoms with Crippen molar-refractivity contribution in [1.29, 1.82) is 0 Å². The average Bonchev–Trinajstić information content (AvgIpc) is 3.21. The van der Waals surface area contributed by atoms with Gasteiger partial charge in [-0.3, -0.25) is 14.5 Å². The van der Waals surface area contributed by atoms with Crippen LogP contribution in [0.4, 0.5) is 19.7 Å². The zero-order chi connectivity index (χ0) is 28.2. The second-order valence-electron chi connectivity index (χ2n) is 9.64. The van der Waals surface area contributed by atoms with Gasteiger partial charge in [0, 0.05) is 6.92 Å². The second-order valence-corrected chi connectivity index (χ2v) is 11.9. The van der Waals surface area contributed by atoms with E-state index in [1.807, 2.05) is 0 Å². The third-order valence-corrected chi connectivity index (χ3v) is 8.24. The first-order chi connectivity index (χ1) is 17.8. The summed E-state index contributed by atoms with van der Waals surface area (Å²) in [5.41, 5.74) is 6.25. The van der Waals surface area contributed by atoms with Crippen LogP contribution in [0.2, 0.25) is 0 Å². The van der Waals surface area contributed by atoms with Gasteiger partial charge in [0.05, 0.1) is 30.3 Å². The lowest BCUT2D eigenvalue weighted by molar-refractivity contribution is -0.155. The number of halogens is 1. The highest BCUT2D eigenvalue weighted by Gasteiger charge is 2.37. The molecule has 2 atom stereocenters. The molecular weight excluding hydrogens is 525 g/mol. The Morgan fingerprint density at radius 3 is 2.45 bits per heavy atom. The number of rotatable bonds is 8. The maximum Gasteiger partial charge on any atom is 0.419 e. The number of sulfone groups is 1. The summed E-state index contributed by atoms with van der Waals surface area (Å²) in [7, 11) is -3.09. The topological polar surface area (TPSA) is 163 Å². The number of amides is 3. The number of benzene rings is 1. The van der Waals surface area contributed by atoms with Crippen LogP contribution in [0.3, 0.4) is 0 Å². The fourth-order valence-electron chi connectivity index (χ4n) is 4.16. The first kappa shape index (κ1) is 29.3. The van der Waals surface area contributed by atoms with Crippen LogP contribution in [0.15, 0.2) is 18.2 Å². The van der Waals surface area contributed by atoms with Crippen LogP contribution in [0.5, 0.6) is 0 Å². The van der Waals surface area contributed by atoms with Crippen LogP contribution in [-0.2, 0) is 33.6 Å². The number of esters is 1. The number of cyclic esters (lactones) is 1. The molecule has 2 N–H and O–H groups in total. The monoisotopic (exact) mass is 557 g/mol. The van der Waals surface area contributed by atoms with Gasteiger partial charge in [-0.1, -0.05) is 19.9 Å². The lowest BCUT2D eigenvalue weighted by atomic mass is 9.93. The third-order valence-electron chi connectivity index (χ3n) is 6.52. The van der Waals surface area contributed by atoms with Crippen LogP contribution in [0.1, 0.15) is 45.1 Å². The van der Waals surface area contributed by atoms with E-state index in [0.29, 0.717) is 23.3 Å². The Morgan fingerprint density at radius 1 is 1.21 bits per heavy atom. The molecule has 0 spiro atoms. The lowest BCUT2D eigenvalue weighted by Gasteiger charge is -2.23. The van der Waals surface area contributed by atoms with Gasteiger partial charge in [-0.2, -0.15) is 0 Å². The SMILES string of the molecule is CC(=O)N(C[C@H]1CN(c2ccc(C3CCS(=O)(=O)CC3)c(F)c2)C(=O)O1)C(=O)OCOC(=O)[C@@H](N)C(C)C. The molecule has 2 heterocycles. The summed E-state index contributed by atoms with van der Waals surface area (Å²) < 4.78 is 53.1. The molecule has 1 aromatic carbocycles. The van der Waals surface area contributed by atoms with Crippen LogP contribution < -0.4 is 10.6 Å². The summed E-state index contributed by atoms with van der Waals surface area (Å²) in [6.07, 6.45) is -2.18. The van der Waals surface area contributed by atoms with E-state index >= 15 is 0 Å². The quantitative estimate of drug-likeness (QED) is 0.369. The Kier molecular flexibility index (Phi) is 9.31. The van der Waals surface area contributed by atoms with Crippen molar-refractivity contribution >= 4 is 39.6 Å². The molecule has 0 aliphatic carbocycles. The van der Waals surface area contributed by atoms with Gasteiger partial charge < -0.3 is 19.9 Å². The highest BCUT2D eigenvalue weighted by atomic mass is 32.2. The van der Waals surface area contributed by atoms with E-state index in [2.05, 4.69) is 0 Å². The minimum Gasteiger partial charge on any atom is -0.442 e. The standard InChI is InChI=1S/C24H32FN3O9S/c1-14(2)21(26)22(30)35-13-36-23(31)27(15(3)29)11-18-12-28(24(32)37-18)17-4-5-19(20(25)10-17)16-6-8-38(33,34)9-7-16/h4-5,10,14,16,18,21H,6-9,11-13,26H2,1-3H3/t18-,21-/m0/s1. The minimum atomic E-state index is -3.09. The van der Waals surface area contributed by atoms with Crippen molar-refractivity contribution in [2.45, 2.75) is 51.7 Å². The Morgan fingerprint density at radius 2 is 1.87 bits per heavy atom. The van der Waals surface area contributed by atoms with Gasteiger partial charge in [-0.15, -0.1) is 0 Å². The maximum atomic E-state index is 14.9. The Labute approximate surface area is 220 Å². The number of imide groups is 1. The van der Waals surface area contributed by atoms with E-state index in [-0.39, 0.29) is 42.1 Å². The molecule has 3 rings (SSSR count). The van der Waals surface area contributed by atoms with Gasteiger partial charge in [-0.05, 0) is 42.4 Å². The molecule has 0 bridgehead atoms. The molecule has 2 aliphatic rings. The van der Waals surface area contributed by atoms with Crippen LogP contribution in [0.25, 0.3) is 0 Å².